The van der Waals surface area contributed by atoms with E-state index in [-0.39, 0.29) is 17.9 Å². The Kier molecular flexibility index (Phi) is 6.65. The lowest BCUT2D eigenvalue weighted by molar-refractivity contribution is -0.117. The van der Waals surface area contributed by atoms with E-state index >= 15 is 0 Å². The number of thiophene rings is 1. The van der Waals surface area contributed by atoms with Crippen molar-refractivity contribution in [3.8, 4) is 0 Å². The van der Waals surface area contributed by atoms with E-state index in [1.807, 2.05) is 23.4 Å². The summed E-state index contributed by atoms with van der Waals surface area (Å²) in [6.07, 6.45) is 13.5. The third-order valence-electron chi connectivity index (χ3n) is 6.03. The Labute approximate surface area is 186 Å². The molecule has 1 saturated heterocycles. The molecule has 0 aromatic carbocycles. The van der Waals surface area contributed by atoms with Gasteiger partial charge in [-0.15, -0.1) is 11.3 Å². The first kappa shape index (κ1) is 21.5. The van der Waals surface area contributed by atoms with Crippen molar-refractivity contribution in [1.29, 1.82) is 0 Å². The minimum Gasteiger partial charge on any atom is -0.465 e. The Morgan fingerprint density at radius 2 is 1.94 bits per heavy atom. The van der Waals surface area contributed by atoms with Crippen LogP contribution in [0.15, 0.2) is 30.9 Å². The molecule has 1 aliphatic heterocycles. The molecule has 7 nitrogen and oxygen atoms in total. The number of carbonyl (C=O) groups is 2. The second-order valence-corrected chi connectivity index (χ2v) is 9.05. The standard InChI is InChI=1S/C23H28N4O3S/c1-16(28)27(18-8-10-26(11-9-18)19-13-24-15-25-14-19)20-12-21(17-6-4-3-5-7-17)31-22(20)23(29)30-2/h6,12-15,18H,3-5,7-11H2,1-2H3. The highest BCUT2D eigenvalue weighted by Crippen LogP contribution is 2.40. The molecule has 1 aliphatic carbocycles. The van der Waals surface area contributed by atoms with Crippen LogP contribution in [0.4, 0.5) is 11.4 Å². The number of amides is 1. The highest BCUT2D eigenvalue weighted by Gasteiger charge is 2.32. The van der Waals surface area contributed by atoms with Gasteiger partial charge in [0.05, 0.1) is 30.9 Å². The van der Waals surface area contributed by atoms with Crippen molar-refractivity contribution in [3.05, 3.63) is 40.6 Å². The van der Waals surface area contributed by atoms with Gasteiger partial charge in [-0.2, -0.15) is 0 Å². The second-order valence-electron chi connectivity index (χ2n) is 8.00. The van der Waals surface area contributed by atoms with Crippen LogP contribution in [0.5, 0.6) is 0 Å². The number of hydrogen-bond donors (Lipinski definition) is 0. The number of esters is 1. The summed E-state index contributed by atoms with van der Waals surface area (Å²) in [6, 6.07) is 2.05. The predicted octanol–water partition coefficient (Wildman–Crippen LogP) is 4.30. The summed E-state index contributed by atoms with van der Waals surface area (Å²) in [4.78, 5) is 39.2. The van der Waals surface area contributed by atoms with E-state index in [9.17, 15) is 9.59 Å². The Morgan fingerprint density at radius 3 is 2.55 bits per heavy atom. The third-order valence-corrected chi connectivity index (χ3v) is 7.21. The molecule has 0 spiro atoms. The van der Waals surface area contributed by atoms with Gasteiger partial charge in [0.1, 0.15) is 11.2 Å². The molecular weight excluding hydrogens is 412 g/mol. The van der Waals surface area contributed by atoms with Crippen LogP contribution in [0.1, 0.15) is 60.0 Å². The Bertz CT molecular complexity index is 964. The number of carbonyl (C=O) groups excluding carboxylic acids is 2. The number of allylic oxidation sites excluding steroid dienone is 2. The minimum absolute atomic E-state index is 0.0320. The van der Waals surface area contributed by atoms with E-state index in [2.05, 4.69) is 20.9 Å². The molecule has 2 aliphatic rings. The Morgan fingerprint density at radius 1 is 1.19 bits per heavy atom. The molecule has 0 bridgehead atoms. The zero-order valence-electron chi connectivity index (χ0n) is 18.0. The molecule has 0 atom stereocenters. The fourth-order valence-corrected chi connectivity index (χ4v) is 5.62. The summed E-state index contributed by atoms with van der Waals surface area (Å²) in [5, 5.41) is 0. The number of ether oxygens (including phenoxy) is 1. The van der Waals surface area contributed by atoms with E-state index in [4.69, 9.17) is 4.74 Å². The summed E-state index contributed by atoms with van der Waals surface area (Å²) in [5.41, 5.74) is 2.95. The molecule has 31 heavy (non-hydrogen) atoms. The van der Waals surface area contributed by atoms with E-state index in [1.165, 1.54) is 36.8 Å². The van der Waals surface area contributed by atoms with Crippen LogP contribution < -0.4 is 9.80 Å². The molecule has 2 aromatic rings. The van der Waals surface area contributed by atoms with Gasteiger partial charge in [-0.3, -0.25) is 4.79 Å². The molecule has 8 heteroatoms. The molecule has 0 saturated carbocycles. The molecule has 0 unspecified atom stereocenters. The SMILES string of the molecule is COC(=O)c1sc(C2=CCCCC2)cc1N(C(C)=O)C1CCN(c2cncnc2)CC1. The molecule has 164 valence electrons. The molecule has 4 rings (SSSR count). The average molecular weight is 441 g/mol. The molecule has 2 aromatic heterocycles. The van der Waals surface area contributed by atoms with Crippen LogP contribution in [0.3, 0.4) is 0 Å². The first-order valence-corrected chi connectivity index (χ1v) is 11.6. The van der Waals surface area contributed by atoms with Crippen molar-refractivity contribution in [2.45, 2.75) is 51.5 Å². The van der Waals surface area contributed by atoms with E-state index < -0.39 is 0 Å². The van der Waals surface area contributed by atoms with Gasteiger partial charge in [-0.25, -0.2) is 14.8 Å². The predicted molar refractivity (Wildman–Crippen MR) is 123 cm³/mol. The maximum atomic E-state index is 12.8. The zero-order chi connectivity index (χ0) is 21.8. The first-order chi connectivity index (χ1) is 15.1. The van der Waals surface area contributed by atoms with Gasteiger partial charge in [0.2, 0.25) is 5.91 Å². The van der Waals surface area contributed by atoms with E-state index in [0.29, 0.717) is 10.6 Å². The van der Waals surface area contributed by atoms with Crippen molar-refractivity contribution in [3.63, 3.8) is 0 Å². The zero-order valence-corrected chi connectivity index (χ0v) is 18.9. The quantitative estimate of drug-likeness (QED) is 0.645. The normalized spacial score (nSPS) is 17.2. The van der Waals surface area contributed by atoms with Crippen LogP contribution in [0, 0.1) is 0 Å². The van der Waals surface area contributed by atoms with Crippen molar-refractivity contribution in [1.82, 2.24) is 9.97 Å². The van der Waals surface area contributed by atoms with Gasteiger partial charge in [-0.05, 0) is 50.2 Å². The molecule has 1 amide bonds. The fraction of sp³-hybridized carbons (Fsp3) is 0.478. The largest absolute Gasteiger partial charge is 0.465 e. The third kappa shape index (κ3) is 4.63. The summed E-state index contributed by atoms with van der Waals surface area (Å²) >= 11 is 1.44. The number of piperidine rings is 1. The van der Waals surface area contributed by atoms with Gasteiger partial charge in [0.15, 0.2) is 0 Å². The molecule has 3 heterocycles. The Hall–Kier alpha value is -2.74. The van der Waals surface area contributed by atoms with Gasteiger partial charge in [-0.1, -0.05) is 6.08 Å². The number of aromatic nitrogens is 2. The number of hydrogen-bond acceptors (Lipinski definition) is 7. The maximum absolute atomic E-state index is 12.8. The van der Waals surface area contributed by atoms with Gasteiger partial charge < -0.3 is 14.5 Å². The number of nitrogens with zero attached hydrogens (tertiary/aromatic N) is 4. The summed E-state index contributed by atoms with van der Waals surface area (Å²) in [5.74, 6) is -0.429. The van der Waals surface area contributed by atoms with Crippen LogP contribution >= 0.6 is 11.3 Å². The topological polar surface area (TPSA) is 75.6 Å². The van der Waals surface area contributed by atoms with Crippen LogP contribution in [0.2, 0.25) is 0 Å². The van der Waals surface area contributed by atoms with Crippen molar-refractivity contribution in [2.24, 2.45) is 0 Å². The molecule has 1 fully saturated rings. The fourth-order valence-electron chi connectivity index (χ4n) is 4.48. The average Bonchev–Trinajstić information content (AvgIpc) is 3.25. The lowest BCUT2D eigenvalue weighted by atomic mass is 9.98. The van der Waals surface area contributed by atoms with Crippen molar-refractivity contribution in [2.75, 3.05) is 30.0 Å². The molecular formula is C23H28N4O3S. The van der Waals surface area contributed by atoms with Gasteiger partial charge in [0, 0.05) is 30.9 Å². The lowest BCUT2D eigenvalue weighted by Gasteiger charge is -2.38. The second kappa shape index (κ2) is 9.60. The van der Waals surface area contributed by atoms with Crippen LogP contribution in [-0.2, 0) is 9.53 Å². The molecule has 0 radical (unpaired) electrons. The molecule has 0 N–H and O–H groups in total. The van der Waals surface area contributed by atoms with Crippen molar-refractivity contribution < 1.29 is 14.3 Å². The first-order valence-electron chi connectivity index (χ1n) is 10.8. The van der Waals surface area contributed by atoms with Gasteiger partial charge >= 0.3 is 5.97 Å². The summed E-state index contributed by atoms with van der Waals surface area (Å²) in [7, 11) is 1.39. The lowest BCUT2D eigenvalue weighted by Crippen LogP contribution is -2.47. The minimum atomic E-state index is -0.382. The van der Waals surface area contributed by atoms with Crippen molar-refractivity contribution >= 4 is 40.2 Å². The number of rotatable bonds is 5. The monoisotopic (exact) mass is 440 g/mol. The number of methoxy groups -OCH3 is 1. The highest BCUT2D eigenvalue weighted by molar-refractivity contribution is 7.15. The van der Waals surface area contributed by atoms with E-state index in [0.717, 1.165) is 55.8 Å². The number of anilines is 2. The van der Waals surface area contributed by atoms with Gasteiger partial charge in [0.25, 0.3) is 0 Å². The van der Waals surface area contributed by atoms with E-state index in [1.54, 1.807) is 6.92 Å². The Balaban J connectivity index is 1.60. The van der Waals surface area contributed by atoms with Crippen LogP contribution in [0.25, 0.3) is 5.57 Å². The smallest absolute Gasteiger partial charge is 0.350 e. The maximum Gasteiger partial charge on any atom is 0.350 e. The summed E-state index contributed by atoms with van der Waals surface area (Å²) < 4.78 is 5.06. The highest BCUT2D eigenvalue weighted by atomic mass is 32.1. The van der Waals surface area contributed by atoms with Crippen LogP contribution in [-0.4, -0.2) is 48.1 Å². The summed E-state index contributed by atoms with van der Waals surface area (Å²) in [6.45, 7) is 3.19.